The Morgan fingerprint density at radius 1 is 0.900 bits per heavy atom. The summed E-state index contributed by atoms with van der Waals surface area (Å²) in [5, 5.41) is 3.07. The highest BCUT2D eigenvalue weighted by Crippen LogP contribution is 2.24. The number of hydrogen-bond acceptors (Lipinski definition) is 4. The lowest BCUT2D eigenvalue weighted by Gasteiger charge is -2.32. The Labute approximate surface area is 243 Å². The number of hydrogen-bond donors (Lipinski definition) is 1. The Balaban J connectivity index is 1.55. The van der Waals surface area contributed by atoms with Crippen LogP contribution in [0.1, 0.15) is 65.0 Å². The number of imide groups is 1. The summed E-state index contributed by atoms with van der Waals surface area (Å²) in [5.74, 6) is -1.10. The Kier molecular flexibility index (Phi) is 9.88. The summed E-state index contributed by atoms with van der Waals surface area (Å²) in [6, 6.07) is 23.3. The van der Waals surface area contributed by atoms with Crippen LogP contribution in [0.15, 0.2) is 83.3 Å². The molecule has 3 aromatic rings. The van der Waals surface area contributed by atoms with Crippen LogP contribution in [0.2, 0.25) is 0 Å². The van der Waals surface area contributed by atoms with Crippen LogP contribution >= 0.6 is 15.9 Å². The molecule has 1 N–H and O–H groups in total. The average molecular weight is 605 g/mol. The van der Waals surface area contributed by atoms with Crippen LogP contribution in [-0.4, -0.2) is 52.1 Å². The topological polar surface area (TPSA) is 86.8 Å². The van der Waals surface area contributed by atoms with Gasteiger partial charge in [-0.2, -0.15) is 0 Å². The minimum Gasteiger partial charge on any atom is -0.352 e. The SMILES string of the molecule is CC[C@@H](C)NC(=O)[C@@H](Cc1ccccc1)N(Cc1cccc(Br)c1)C(=O)CCCN1C(=O)c2ccccc2C1=O. The first-order chi connectivity index (χ1) is 19.3. The number of rotatable bonds is 12. The maximum Gasteiger partial charge on any atom is 0.261 e. The van der Waals surface area contributed by atoms with Gasteiger partial charge in [0.1, 0.15) is 6.04 Å². The predicted octanol–water partition coefficient (Wildman–Crippen LogP) is 5.38. The standard InChI is InChI=1S/C32H34BrN3O4/c1-3-22(2)34-30(38)28(20-23-11-5-4-6-12-23)36(21-24-13-9-14-25(33)19-24)29(37)17-10-18-35-31(39)26-15-7-8-16-27(26)32(35)40/h4-9,11-16,19,22,28H,3,10,17-18,20-21H2,1-2H3,(H,34,38)/t22-,28-/m1/s1. The van der Waals surface area contributed by atoms with Gasteiger partial charge in [0.25, 0.3) is 11.8 Å². The minimum atomic E-state index is -0.734. The molecule has 7 nitrogen and oxygen atoms in total. The molecule has 1 heterocycles. The highest BCUT2D eigenvalue weighted by molar-refractivity contribution is 9.10. The summed E-state index contributed by atoms with van der Waals surface area (Å²) in [7, 11) is 0. The largest absolute Gasteiger partial charge is 0.352 e. The number of halogens is 1. The van der Waals surface area contributed by atoms with Crippen molar-refractivity contribution < 1.29 is 19.2 Å². The molecule has 0 spiro atoms. The third-order valence-electron chi connectivity index (χ3n) is 7.16. The quantitative estimate of drug-likeness (QED) is 0.282. The van der Waals surface area contributed by atoms with Crippen molar-refractivity contribution >= 4 is 39.6 Å². The van der Waals surface area contributed by atoms with Gasteiger partial charge in [0.15, 0.2) is 0 Å². The van der Waals surface area contributed by atoms with E-state index in [1.807, 2.05) is 68.4 Å². The number of nitrogens with zero attached hydrogens (tertiary/aromatic N) is 2. The molecule has 0 aliphatic carbocycles. The van der Waals surface area contributed by atoms with E-state index >= 15 is 0 Å². The van der Waals surface area contributed by atoms with Crippen LogP contribution in [0.3, 0.4) is 0 Å². The zero-order chi connectivity index (χ0) is 28.6. The van der Waals surface area contributed by atoms with E-state index in [4.69, 9.17) is 0 Å². The zero-order valence-corrected chi connectivity index (χ0v) is 24.4. The molecule has 1 aliphatic rings. The van der Waals surface area contributed by atoms with Gasteiger partial charge < -0.3 is 10.2 Å². The molecule has 0 saturated carbocycles. The van der Waals surface area contributed by atoms with Crippen molar-refractivity contribution in [3.05, 3.63) is 106 Å². The van der Waals surface area contributed by atoms with Crippen LogP contribution in [0.25, 0.3) is 0 Å². The first-order valence-corrected chi connectivity index (χ1v) is 14.4. The number of fused-ring (bicyclic) bond motifs is 1. The van der Waals surface area contributed by atoms with Gasteiger partial charge in [-0.25, -0.2) is 0 Å². The van der Waals surface area contributed by atoms with E-state index < -0.39 is 6.04 Å². The molecule has 0 unspecified atom stereocenters. The van der Waals surface area contributed by atoms with Gasteiger partial charge in [-0.05, 0) is 55.2 Å². The smallest absolute Gasteiger partial charge is 0.261 e. The van der Waals surface area contributed by atoms with Gasteiger partial charge in [0, 0.05) is 36.4 Å². The summed E-state index contributed by atoms with van der Waals surface area (Å²) in [4.78, 5) is 55.8. The normalized spacial score (nSPS) is 14.0. The van der Waals surface area contributed by atoms with E-state index in [2.05, 4.69) is 21.2 Å². The molecule has 4 amide bonds. The molecule has 0 saturated heterocycles. The number of nitrogens with one attached hydrogen (secondary N) is 1. The molecule has 0 aromatic heterocycles. The number of benzene rings is 3. The lowest BCUT2D eigenvalue weighted by Crippen LogP contribution is -2.52. The van der Waals surface area contributed by atoms with Crippen LogP contribution in [0, 0.1) is 0 Å². The summed E-state index contributed by atoms with van der Waals surface area (Å²) >= 11 is 3.50. The summed E-state index contributed by atoms with van der Waals surface area (Å²) in [6.45, 7) is 4.32. The number of amides is 4. The molecule has 3 aromatic carbocycles. The second-order valence-electron chi connectivity index (χ2n) is 10.1. The van der Waals surface area contributed by atoms with Crippen molar-refractivity contribution in [1.82, 2.24) is 15.1 Å². The van der Waals surface area contributed by atoms with Crippen molar-refractivity contribution in [2.24, 2.45) is 0 Å². The predicted molar refractivity (Wildman–Crippen MR) is 158 cm³/mol. The van der Waals surface area contributed by atoms with Gasteiger partial charge in [-0.15, -0.1) is 0 Å². The van der Waals surface area contributed by atoms with Crippen LogP contribution in [0.4, 0.5) is 0 Å². The molecule has 0 fully saturated rings. The average Bonchev–Trinajstić information content (AvgIpc) is 3.20. The molecule has 2 atom stereocenters. The fraction of sp³-hybridized carbons (Fsp3) is 0.312. The van der Waals surface area contributed by atoms with E-state index in [1.165, 1.54) is 4.90 Å². The van der Waals surface area contributed by atoms with E-state index in [0.29, 0.717) is 24.0 Å². The molecule has 208 valence electrons. The van der Waals surface area contributed by atoms with Gasteiger partial charge in [-0.1, -0.05) is 77.5 Å². The van der Waals surface area contributed by atoms with Gasteiger partial charge in [0.05, 0.1) is 11.1 Å². The van der Waals surface area contributed by atoms with Crippen LogP contribution in [0.5, 0.6) is 0 Å². The van der Waals surface area contributed by atoms with E-state index in [0.717, 1.165) is 22.0 Å². The highest BCUT2D eigenvalue weighted by Gasteiger charge is 2.35. The van der Waals surface area contributed by atoms with Crippen molar-refractivity contribution in [3.63, 3.8) is 0 Å². The van der Waals surface area contributed by atoms with Crippen LogP contribution < -0.4 is 5.32 Å². The second-order valence-corrected chi connectivity index (χ2v) is 11.0. The lowest BCUT2D eigenvalue weighted by molar-refractivity contribution is -0.141. The Hall–Kier alpha value is -3.78. The fourth-order valence-electron chi connectivity index (χ4n) is 4.80. The molecule has 8 heteroatoms. The summed E-state index contributed by atoms with van der Waals surface area (Å²) in [6.07, 6.45) is 1.51. The third kappa shape index (κ3) is 7.04. The lowest BCUT2D eigenvalue weighted by atomic mass is 10.0. The van der Waals surface area contributed by atoms with Crippen molar-refractivity contribution in [2.45, 2.75) is 58.2 Å². The number of carbonyl (C=O) groups excluding carboxylic acids is 4. The minimum absolute atomic E-state index is 0.0394. The van der Waals surface area contributed by atoms with E-state index in [9.17, 15) is 19.2 Å². The van der Waals surface area contributed by atoms with E-state index in [-0.39, 0.29) is 49.2 Å². The monoisotopic (exact) mass is 603 g/mol. The molecule has 1 aliphatic heterocycles. The molecule has 40 heavy (non-hydrogen) atoms. The van der Waals surface area contributed by atoms with Crippen molar-refractivity contribution in [1.29, 1.82) is 0 Å². The summed E-state index contributed by atoms with van der Waals surface area (Å²) < 4.78 is 0.881. The summed E-state index contributed by atoms with van der Waals surface area (Å²) in [5.41, 5.74) is 2.61. The maximum absolute atomic E-state index is 13.8. The van der Waals surface area contributed by atoms with Gasteiger partial charge in [-0.3, -0.25) is 24.1 Å². The molecule has 0 bridgehead atoms. The first kappa shape index (κ1) is 29.2. The maximum atomic E-state index is 13.8. The van der Waals surface area contributed by atoms with Crippen LogP contribution in [-0.2, 0) is 22.6 Å². The van der Waals surface area contributed by atoms with E-state index in [1.54, 1.807) is 29.2 Å². The molecule has 0 radical (unpaired) electrons. The third-order valence-corrected chi connectivity index (χ3v) is 7.66. The first-order valence-electron chi connectivity index (χ1n) is 13.6. The Morgan fingerprint density at radius 2 is 1.52 bits per heavy atom. The van der Waals surface area contributed by atoms with Gasteiger partial charge >= 0.3 is 0 Å². The molecular weight excluding hydrogens is 570 g/mol. The zero-order valence-electron chi connectivity index (χ0n) is 22.8. The van der Waals surface area contributed by atoms with Crippen molar-refractivity contribution in [3.8, 4) is 0 Å². The molecular formula is C32H34BrN3O4. The Morgan fingerprint density at radius 3 is 2.15 bits per heavy atom. The number of carbonyl (C=O) groups is 4. The van der Waals surface area contributed by atoms with Crippen molar-refractivity contribution in [2.75, 3.05) is 6.54 Å². The second kappa shape index (κ2) is 13.5. The fourth-order valence-corrected chi connectivity index (χ4v) is 5.25. The Bertz CT molecular complexity index is 1340. The van der Waals surface area contributed by atoms with Gasteiger partial charge in [0.2, 0.25) is 11.8 Å². The molecule has 4 rings (SSSR count). The highest BCUT2D eigenvalue weighted by atomic mass is 79.9.